The average Bonchev–Trinajstić information content (AvgIpc) is 2.48. The van der Waals surface area contributed by atoms with Gasteiger partial charge in [-0.05, 0) is 59.3 Å². The zero-order valence-electron chi connectivity index (χ0n) is 11.0. The van der Waals surface area contributed by atoms with E-state index in [0.717, 1.165) is 20.6 Å². The molecular formula is C17H12O2S2. The minimum Gasteiger partial charge on any atom is -0.423 e. The number of hydrogen-bond acceptors (Lipinski definition) is 4. The van der Waals surface area contributed by atoms with Gasteiger partial charge in [-0.3, -0.25) is 0 Å². The molecule has 3 aromatic carbocycles. The van der Waals surface area contributed by atoms with Gasteiger partial charge in [-0.15, -0.1) is 25.3 Å². The number of esters is 1. The summed E-state index contributed by atoms with van der Waals surface area (Å²) in [6.07, 6.45) is 0. The van der Waals surface area contributed by atoms with Crippen molar-refractivity contribution in [3.05, 3.63) is 66.2 Å². The summed E-state index contributed by atoms with van der Waals surface area (Å²) in [6, 6.07) is 18.3. The molecule has 0 unspecified atom stereocenters. The first-order chi connectivity index (χ1) is 10.1. The molecule has 0 aliphatic carbocycles. The molecule has 0 atom stereocenters. The highest BCUT2D eigenvalue weighted by Crippen LogP contribution is 2.24. The molecule has 0 radical (unpaired) electrons. The van der Waals surface area contributed by atoms with Crippen LogP contribution in [-0.4, -0.2) is 5.97 Å². The molecule has 0 spiro atoms. The maximum Gasteiger partial charge on any atom is 0.343 e. The molecule has 0 fully saturated rings. The monoisotopic (exact) mass is 312 g/mol. The van der Waals surface area contributed by atoms with Crippen LogP contribution in [0.4, 0.5) is 0 Å². The Labute approximate surface area is 133 Å². The predicted octanol–water partition coefficient (Wildman–Crippen LogP) is 4.64. The van der Waals surface area contributed by atoms with Crippen LogP contribution in [0.15, 0.2) is 70.5 Å². The van der Waals surface area contributed by atoms with E-state index in [2.05, 4.69) is 25.3 Å². The van der Waals surface area contributed by atoms with Crippen molar-refractivity contribution in [3.8, 4) is 5.75 Å². The van der Waals surface area contributed by atoms with Gasteiger partial charge in [-0.25, -0.2) is 4.79 Å². The minimum atomic E-state index is -0.381. The molecule has 0 aromatic heterocycles. The summed E-state index contributed by atoms with van der Waals surface area (Å²) in [5, 5.41) is 2.06. The number of benzene rings is 3. The Balaban J connectivity index is 1.85. The zero-order valence-corrected chi connectivity index (χ0v) is 12.8. The normalized spacial score (nSPS) is 10.6. The summed E-state index contributed by atoms with van der Waals surface area (Å²) < 4.78 is 5.40. The molecule has 104 valence electrons. The lowest BCUT2D eigenvalue weighted by molar-refractivity contribution is 0.0735. The molecule has 21 heavy (non-hydrogen) atoms. The van der Waals surface area contributed by atoms with E-state index >= 15 is 0 Å². The Morgan fingerprint density at radius 1 is 0.762 bits per heavy atom. The molecule has 0 N–H and O–H groups in total. The van der Waals surface area contributed by atoms with Gasteiger partial charge in [0.15, 0.2) is 0 Å². The van der Waals surface area contributed by atoms with Crippen LogP contribution < -0.4 is 4.74 Å². The topological polar surface area (TPSA) is 26.3 Å². The van der Waals surface area contributed by atoms with Crippen LogP contribution >= 0.6 is 25.3 Å². The van der Waals surface area contributed by atoms with Gasteiger partial charge in [0.05, 0.1) is 5.56 Å². The third kappa shape index (κ3) is 3.23. The second-order valence-corrected chi connectivity index (χ2v) is 5.66. The average molecular weight is 312 g/mol. The fraction of sp³-hybridized carbons (Fsp3) is 0. The second kappa shape index (κ2) is 5.84. The lowest BCUT2D eigenvalue weighted by Gasteiger charge is -2.06. The quantitative estimate of drug-likeness (QED) is 0.410. The van der Waals surface area contributed by atoms with Gasteiger partial charge in [0.25, 0.3) is 0 Å². The molecule has 3 rings (SSSR count). The van der Waals surface area contributed by atoms with E-state index in [9.17, 15) is 4.79 Å². The number of thiol groups is 2. The van der Waals surface area contributed by atoms with E-state index in [1.165, 1.54) is 0 Å². The molecule has 0 amide bonds. The van der Waals surface area contributed by atoms with E-state index in [1.54, 1.807) is 30.3 Å². The number of fused-ring (bicyclic) bond motifs is 1. The third-order valence-corrected chi connectivity index (χ3v) is 3.69. The van der Waals surface area contributed by atoms with Crippen molar-refractivity contribution < 1.29 is 9.53 Å². The van der Waals surface area contributed by atoms with E-state index < -0.39 is 0 Å². The van der Waals surface area contributed by atoms with Crippen molar-refractivity contribution in [2.75, 3.05) is 0 Å². The predicted molar refractivity (Wildman–Crippen MR) is 89.9 cm³/mol. The highest BCUT2D eigenvalue weighted by Gasteiger charge is 2.08. The van der Waals surface area contributed by atoms with Crippen LogP contribution in [0.25, 0.3) is 10.8 Å². The summed E-state index contributed by atoms with van der Waals surface area (Å²) in [5.41, 5.74) is 0.499. The molecule has 0 heterocycles. The SMILES string of the molecule is O=C(Oc1ccc2cc(S)ccc2c1)c1ccc(S)cc1. The fourth-order valence-electron chi connectivity index (χ4n) is 2.04. The maximum absolute atomic E-state index is 12.1. The van der Waals surface area contributed by atoms with Gasteiger partial charge in [0, 0.05) is 9.79 Å². The summed E-state index contributed by atoms with van der Waals surface area (Å²) in [4.78, 5) is 13.8. The molecule has 0 bridgehead atoms. The lowest BCUT2D eigenvalue weighted by Crippen LogP contribution is -2.08. The fourth-order valence-corrected chi connectivity index (χ4v) is 2.40. The Morgan fingerprint density at radius 3 is 2.14 bits per heavy atom. The van der Waals surface area contributed by atoms with Gasteiger partial charge in [0.2, 0.25) is 0 Å². The van der Waals surface area contributed by atoms with Crippen molar-refractivity contribution in [1.29, 1.82) is 0 Å². The van der Waals surface area contributed by atoms with Gasteiger partial charge < -0.3 is 4.74 Å². The number of hydrogen-bond donors (Lipinski definition) is 2. The van der Waals surface area contributed by atoms with Crippen LogP contribution in [-0.2, 0) is 0 Å². The molecule has 0 saturated carbocycles. The number of ether oxygens (including phenoxy) is 1. The standard InChI is InChI=1S/C17H12O2S2/c18-17(11-2-6-15(20)7-3-11)19-14-5-1-13-10-16(21)8-4-12(13)9-14/h1-10,20-21H. The van der Waals surface area contributed by atoms with Crippen molar-refractivity contribution in [1.82, 2.24) is 0 Å². The zero-order chi connectivity index (χ0) is 14.8. The van der Waals surface area contributed by atoms with Gasteiger partial charge >= 0.3 is 5.97 Å². The minimum absolute atomic E-state index is 0.381. The highest BCUT2D eigenvalue weighted by molar-refractivity contribution is 7.80. The van der Waals surface area contributed by atoms with Crippen LogP contribution in [0.5, 0.6) is 5.75 Å². The molecule has 2 nitrogen and oxygen atoms in total. The smallest absolute Gasteiger partial charge is 0.343 e. The van der Waals surface area contributed by atoms with Crippen LogP contribution in [0.3, 0.4) is 0 Å². The van der Waals surface area contributed by atoms with E-state index in [0.29, 0.717) is 11.3 Å². The van der Waals surface area contributed by atoms with Crippen molar-refractivity contribution in [3.63, 3.8) is 0 Å². The van der Waals surface area contributed by atoms with Crippen LogP contribution in [0.1, 0.15) is 10.4 Å². The van der Waals surface area contributed by atoms with E-state index in [-0.39, 0.29) is 5.97 Å². The number of rotatable bonds is 2. The number of carbonyl (C=O) groups is 1. The second-order valence-electron chi connectivity index (χ2n) is 4.63. The summed E-state index contributed by atoms with van der Waals surface area (Å²) in [5.74, 6) is 0.142. The first kappa shape index (κ1) is 14.0. The van der Waals surface area contributed by atoms with Crippen molar-refractivity contribution in [2.24, 2.45) is 0 Å². The lowest BCUT2D eigenvalue weighted by atomic mass is 10.1. The largest absolute Gasteiger partial charge is 0.423 e. The Kier molecular flexibility index (Phi) is 3.90. The van der Waals surface area contributed by atoms with Gasteiger partial charge in [-0.1, -0.05) is 12.1 Å². The van der Waals surface area contributed by atoms with E-state index in [4.69, 9.17) is 4.74 Å². The molecule has 3 aromatic rings. The molecular weight excluding hydrogens is 300 g/mol. The van der Waals surface area contributed by atoms with Crippen LogP contribution in [0, 0.1) is 0 Å². The first-order valence-corrected chi connectivity index (χ1v) is 7.25. The Morgan fingerprint density at radius 2 is 1.38 bits per heavy atom. The molecule has 0 aliphatic heterocycles. The Bertz CT molecular complexity index is 811. The van der Waals surface area contributed by atoms with Gasteiger partial charge in [0.1, 0.15) is 5.75 Å². The Hall–Kier alpha value is -1.91. The number of carbonyl (C=O) groups excluding carboxylic acids is 1. The van der Waals surface area contributed by atoms with Gasteiger partial charge in [-0.2, -0.15) is 0 Å². The molecule has 4 heteroatoms. The maximum atomic E-state index is 12.1. The van der Waals surface area contributed by atoms with E-state index in [1.807, 2.05) is 30.3 Å². The van der Waals surface area contributed by atoms with Crippen molar-refractivity contribution >= 4 is 42.0 Å². The summed E-state index contributed by atoms with van der Waals surface area (Å²) in [6.45, 7) is 0. The molecule has 0 saturated heterocycles. The first-order valence-electron chi connectivity index (χ1n) is 6.36. The van der Waals surface area contributed by atoms with Crippen LogP contribution in [0.2, 0.25) is 0 Å². The molecule has 0 aliphatic rings. The van der Waals surface area contributed by atoms with Crippen molar-refractivity contribution in [2.45, 2.75) is 9.79 Å². The third-order valence-electron chi connectivity index (χ3n) is 3.11. The summed E-state index contributed by atoms with van der Waals surface area (Å²) in [7, 11) is 0. The highest BCUT2D eigenvalue weighted by atomic mass is 32.1. The summed E-state index contributed by atoms with van der Waals surface area (Å²) >= 11 is 8.50.